The van der Waals surface area contributed by atoms with Crippen molar-refractivity contribution in [2.45, 2.75) is 18.6 Å². The van der Waals surface area contributed by atoms with E-state index < -0.39 is 12.8 Å². The molecule has 0 aromatic heterocycles. The summed E-state index contributed by atoms with van der Waals surface area (Å²) in [5.41, 5.74) is 5.70. The fraction of sp³-hybridized carbons (Fsp3) is 1.00. The highest BCUT2D eigenvalue weighted by Crippen LogP contribution is 2.14. The average Bonchev–Trinajstić information content (AvgIpc) is 2.28. The molecule has 1 aliphatic rings. The molecular weight excluding hydrogens is 247 g/mol. The van der Waals surface area contributed by atoms with Gasteiger partial charge in [0.05, 0.1) is 0 Å². The summed E-state index contributed by atoms with van der Waals surface area (Å²) < 4.78 is 40.1. The molecule has 0 spiro atoms. The lowest BCUT2D eigenvalue weighted by atomic mass is 10.1. The van der Waals surface area contributed by atoms with Gasteiger partial charge in [-0.15, -0.1) is 0 Å². The molecule has 1 saturated heterocycles. The van der Waals surface area contributed by atoms with Crippen LogP contribution in [0, 0.1) is 0 Å². The number of likely N-dealkylation sites (N-methyl/N-ethyl adjacent to an activating group) is 1. The van der Waals surface area contributed by atoms with E-state index in [9.17, 15) is 13.2 Å². The van der Waals surface area contributed by atoms with Gasteiger partial charge in [0.15, 0.2) is 0 Å². The van der Waals surface area contributed by atoms with E-state index in [0.29, 0.717) is 19.0 Å². The largest absolute Gasteiger partial charge is 0.411 e. The molecule has 108 valence electrons. The highest BCUT2D eigenvalue weighted by Gasteiger charge is 2.27. The van der Waals surface area contributed by atoms with E-state index >= 15 is 0 Å². The van der Waals surface area contributed by atoms with Crippen LogP contribution in [-0.2, 0) is 4.74 Å². The second-order valence-electron chi connectivity index (χ2n) is 4.71. The second-order valence-corrected chi connectivity index (χ2v) is 4.71. The SMILES string of the molecule is CN1CCN(CCCOCC(F)(F)F)C(CN)C1. The summed E-state index contributed by atoms with van der Waals surface area (Å²) in [7, 11) is 2.05. The van der Waals surface area contributed by atoms with E-state index in [1.165, 1.54) is 0 Å². The Hall–Kier alpha value is -0.370. The van der Waals surface area contributed by atoms with Crippen molar-refractivity contribution in [1.29, 1.82) is 0 Å². The van der Waals surface area contributed by atoms with Crippen LogP contribution in [-0.4, -0.2) is 75.0 Å². The first-order chi connectivity index (χ1) is 8.42. The molecule has 0 bridgehead atoms. The molecule has 0 aromatic rings. The van der Waals surface area contributed by atoms with Gasteiger partial charge >= 0.3 is 6.18 Å². The molecule has 0 aliphatic carbocycles. The average molecular weight is 269 g/mol. The number of hydrogen-bond donors (Lipinski definition) is 1. The van der Waals surface area contributed by atoms with Crippen molar-refractivity contribution in [2.75, 3.05) is 53.0 Å². The van der Waals surface area contributed by atoms with Crippen molar-refractivity contribution >= 4 is 0 Å². The summed E-state index contributed by atoms with van der Waals surface area (Å²) in [6.07, 6.45) is -3.62. The molecule has 0 aromatic carbocycles. The van der Waals surface area contributed by atoms with Gasteiger partial charge in [0.25, 0.3) is 0 Å². The van der Waals surface area contributed by atoms with E-state index in [2.05, 4.69) is 14.5 Å². The van der Waals surface area contributed by atoms with Crippen molar-refractivity contribution < 1.29 is 17.9 Å². The molecule has 1 heterocycles. The third kappa shape index (κ3) is 5.99. The Labute approximate surface area is 106 Å². The monoisotopic (exact) mass is 269 g/mol. The standard InChI is InChI=1S/C11H22F3N3O/c1-16-4-5-17(10(7-15)8-16)3-2-6-18-9-11(12,13)14/h10H,2-9,15H2,1H3. The van der Waals surface area contributed by atoms with Crippen molar-refractivity contribution in [3.63, 3.8) is 0 Å². The summed E-state index contributed by atoms with van der Waals surface area (Å²) >= 11 is 0. The van der Waals surface area contributed by atoms with Crippen molar-refractivity contribution in [3.8, 4) is 0 Å². The predicted molar refractivity (Wildman–Crippen MR) is 63.4 cm³/mol. The lowest BCUT2D eigenvalue weighted by molar-refractivity contribution is -0.174. The van der Waals surface area contributed by atoms with Gasteiger partial charge in [0.1, 0.15) is 6.61 Å². The molecule has 4 nitrogen and oxygen atoms in total. The van der Waals surface area contributed by atoms with Crippen LogP contribution in [0.3, 0.4) is 0 Å². The van der Waals surface area contributed by atoms with Crippen LogP contribution in [0.5, 0.6) is 0 Å². The first-order valence-corrected chi connectivity index (χ1v) is 6.19. The Bertz CT molecular complexity index is 238. The maximum atomic E-state index is 11.8. The van der Waals surface area contributed by atoms with Gasteiger partial charge in [0.2, 0.25) is 0 Å². The topological polar surface area (TPSA) is 41.7 Å². The number of rotatable bonds is 6. The fourth-order valence-electron chi connectivity index (χ4n) is 2.12. The van der Waals surface area contributed by atoms with Gasteiger partial charge < -0.3 is 15.4 Å². The van der Waals surface area contributed by atoms with Crippen molar-refractivity contribution in [2.24, 2.45) is 5.73 Å². The van der Waals surface area contributed by atoms with Crippen molar-refractivity contribution in [1.82, 2.24) is 9.80 Å². The molecule has 1 aliphatic heterocycles. The normalized spacial score (nSPS) is 23.5. The molecule has 1 fully saturated rings. The zero-order chi connectivity index (χ0) is 13.6. The van der Waals surface area contributed by atoms with E-state index in [0.717, 1.165) is 26.2 Å². The summed E-state index contributed by atoms with van der Waals surface area (Å²) in [5, 5.41) is 0. The number of nitrogens with two attached hydrogens (primary N) is 1. The molecule has 2 N–H and O–H groups in total. The van der Waals surface area contributed by atoms with Crippen LogP contribution in [0.4, 0.5) is 13.2 Å². The Morgan fingerprint density at radius 1 is 1.33 bits per heavy atom. The van der Waals surface area contributed by atoms with E-state index in [4.69, 9.17) is 5.73 Å². The highest BCUT2D eigenvalue weighted by molar-refractivity contribution is 4.81. The molecule has 1 rings (SSSR count). The van der Waals surface area contributed by atoms with Crippen LogP contribution in [0.1, 0.15) is 6.42 Å². The minimum atomic E-state index is -4.23. The van der Waals surface area contributed by atoms with Gasteiger partial charge in [0, 0.05) is 45.4 Å². The fourth-order valence-corrected chi connectivity index (χ4v) is 2.12. The predicted octanol–water partition coefficient (Wildman–Crippen LogP) is 0.530. The Morgan fingerprint density at radius 2 is 2.06 bits per heavy atom. The Kier molecular flexibility index (Phi) is 6.34. The van der Waals surface area contributed by atoms with Gasteiger partial charge in [-0.05, 0) is 13.5 Å². The molecular formula is C11H22F3N3O. The summed E-state index contributed by atoms with van der Waals surface area (Å²) in [4.78, 5) is 4.45. The van der Waals surface area contributed by atoms with Gasteiger partial charge in [-0.1, -0.05) is 0 Å². The summed E-state index contributed by atoms with van der Waals surface area (Å²) in [6.45, 7) is 3.11. The molecule has 0 amide bonds. The molecule has 0 saturated carbocycles. The minimum absolute atomic E-state index is 0.142. The maximum Gasteiger partial charge on any atom is 0.411 e. The smallest absolute Gasteiger partial charge is 0.372 e. The third-order valence-corrected chi connectivity index (χ3v) is 3.08. The lowest BCUT2D eigenvalue weighted by Gasteiger charge is -2.39. The van der Waals surface area contributed by atoms with Crippen LogP contribution in [0.25, 0.3) is 0 Å². The molecule has 1 atom stereocenters. The van der Waals surface area contributed by atoms with E-state index in [-0.39, 0.29) is 6.61 Å². The number of alkyl halides is 3. The minimum Gasteiger partial charge on any atom is -0.372 e. The van der Waals surface area contributed by atoms with Gasteiger partial charge in [-0.3, -0.25) is 4.90 Å². The molecule has 7 heteroatoms. The number of hydrogen-bond acceptors (Lipinski definition) is 4. The van der Waals surface area contributed by atoms with E-state index in [1.54, 1.807) is 0 Å². The Morgan fingerprint density at radius 3 is 2.67 bits per heavy atom. The molecule has 18 heavy (non-hydrogen) atoms. The first kappa shape index (κ1) is 15.7. The number of nitrogens with zero attached hydrogens (tertiary/aromatic N) is 2. The summed E-state index contributed by atoms with van der Waals surface area (Å²) in [6, 6.07) is 0.298. The highest BCUT2D eigenvalue weighted by atomic mass is 19.4. The second kappa shape index (κ2) is 7.28. The van der Waals surface area contributed by atoms with Gasteiger partial charge in [-0.2, -0.15) is 13.2 Å². The van der Waals surface area contributed by atoms with Gasteiger partial charge in [-0.25, -0.2) is 0 Å². The number of halogens is 3. The first-order valence-electron chi connectivity index (χ1n) is 6.19. The maximum absolute atomic E-state index is 11.8. The summed E-state index contributed by atoms with van der Waals surface area (Å²) in [5.74, 6) is 0. The Balaban J connectivity index is 2.14. The lowest BCUT2D eigenvalue weighted by Crippen LogP contribution is -2.55. The van der Waals surface area contributed by atoms with Crippen LogP contribution >= 0.6 is 0 Å². The number of ether oxygens (including phenoxy) is 1. The number of piperazine rings is 1. The zero-order valence-electron chi connectivity index (χ0n) is 10.7. The van der Waals surface area contributed by atoms with Crippen LogP contribution in [0.15, 0.2) is 0 Å². The third-order valence-electron chi connectivity index (χ3n) is 3.08. The quantitative estimate of drug-likeness (QED) is 0.714. The zero-order valence-corrected chi connectivity index (χ0v) is 10.7. The van der Waals surface area contributed by atoms with Crippen LogP contribution in [0.2, 0.25) is 0 Å². The molecule has 1 unspecified atom stereocenters. The molecule has 0 radical (unpaired) electrons. The van der Waals surface area contributed by atoms with Crippen molar-refractivity contribution in [3.05, 3.63) is 0 Å². The van der Waals surface area contributed by atoms with E-state index in [1.807, 2.05) is 7.05 Å². The van der Waals surface area contributed by atoms with Crippen LogP contribution < -0.4 is 5.73 Å².